The van der Waals surface area contributed by atoms with Gasteiger partial charge in [0.1, 0.15) is 12.1 Å². The Hall–Kier alpha value is -1.16. The molecule has 0 saturated heterocycles. The summed E-state index contributed by atoms with van der Waals surface area (Å²) in [5, 5.41) is 5.48. The van der Waals surface area contributed by atoms with Gasteiger partial charge in [-0.25, -0.2) is 9.97 Å². The third-order valence-electron chi connectivity index (χ3n) is 2.61. The molecule has 15 heavy (non-hydrogen) atoms. The lowest BCUT2D eigenvalue weighted by atomic mass is 10.1. The molecule has 80 valence electrons. The summed E-state index contributed by atoms with van der Waals surface area (Å²) >= 11 is 1.68. The summed E-state index contributed by atoms with van der Waals surface area (Å²) in [6.45, 7) is 6.57. The minimum Gasteiger partial charge on any atom is -0.366 e. The molecule has 2 heterocycles. The van der Waals surface area contributed by atoms with Crippen molar-refractivity contribution in [2.75, 3.05) is 5.32 Å². The van der Waals surface area contributed by atoms with Gasteiger partial charge >= 0.3 is 0 Å². The van der Waals surface area contributed by atoms with Crippen LogP contribution < -0.4 is 5.32 Å². The van der Waals surface area contributed by atoms with E-state index in [0.717, 1.165) is 16.0 Å². The highest BCUT2D eigenvalue weighted by Gasteiger charge is 2.10. The molecule has 0 aliphatic carbocycles. The maximum Gasteiger partial charge on any atom is 0.147 e. The van der Waals surface area contributed by atoms with Crippen molar-refractivity contribution >= 4 is 27.4 Å². The zero-order valence-corrected chi connectivity index (χ0v) is 10.0. The smallest absolute Gasteiger partial charge is 0.147 e. The lowest BCUT2D eigenvalue weighted by molar-refractivity contribution is 0.559. The standard InChI is InChI=1S/C11H15N3S/c1-7(2)8(3)14-11-10-9(4-5-15-10)12-6-13-11/h4-8H,1-3H3,(H,12,13,14). The summed E-state index contributed by atoms with van der Waals surface area (Å²) in [5.41, 5.74) is 1.02. The van der Waals surface area contributed by atoms with E-state index in [0.29, 0.717) is 12.0 Å². The van der Waals surface area contributed by atoms with Gasteiger partial charge in [0, 0.05) is 6.04 Å². The van der Waals surface area contributed by atoms with E-state index in [4.69, 9.17) is 0 Å². The van der Waals surface area contributed by atoms with Gasteiger partial charge in [0.25, 0.3) is 0 Å². The molecule has 0 aromatic carbocycles. The Morgan fingerprint density at radius 2 is 2.07 bits per heavy atom. The van der Waals surface area contributed by atoms with Crippen molar-refractivity contribution < 1.29 is 0 Å². The molecule has 0 radical (unpaired) electrons. The normalized spacial score (nSPS) is 13.3. The van der Waals surface area contributed by atoms with E-state index in [-0.39, 0.29) is 0 Å². The number of fused-ring (bicyclic) bond motifs is 1. The van der Waals surface area contributed by atoms with E-state index < -0.39 is 0 Å². The van der Waals surface area contributed by atoms with E-state index in [2.05, 4.69) is 36.1 Å². The number of rotatable bonds is 3. The van der Waals surface area contributed by atoms with Crippen LogP contribution in [0, 0.1) is 5.92 Å². The molecule has 2 aromatic rings. The number of nitrogens with zero attached hydrogens (tertiary/aromatic N) is 2. The molecule has 0 fully saturated rings. The van der Waals surface area contributed by atoms with E-state index in [1.54, 1.807) is 17.7 Å². The molecular weight excluding hydrogens is 206 g/mol. The lowest BCUT2D eigenvalue weighted by Crippen LogP contribution is -2.22. The Kier molecular flexibility index (Phi) is 2.86. The molecule has 0 spiro atoms. The third-order valence-corrected chi connectivity index (χ3v) is 3.52. The fraction of sp³-hybridized carbons (Fsp3) is 0.455. The highest BCUT2D eigenvalue weighted by atomic mass is 32.1. The summed E-state index contributed by atoms with van der Waals surface area (Å²) in [5.74, 6) is 1.55. The van der Waals surface area contributed by atoms with Crippen LogP contribution in [0.2, 0.25) is 0 Å². The van der Waals surface area contributed by atoms with Crippen molar-refractivity contribution in [1.29, 1.82) is 0 Å². The van der Waals surface area contributed by atoms with E-state index in [9.17, 15) is 0 Å². The first-order valence-corrected chi connectivity index (χ1v) is 6.01. The van der Waals surface area contributed by atoms with Crippen molar-refractivity contribution in [3.63, 3.8) is 0 Å². The lowest BCUT2D eigenvalue weighted by Gasteiger charge is -2.18. The van der Waals surface area contributed by atoms with Crippen LogP contribution in [0.5, 0.6) is 0 Å². The average molecular weight is 221 g/mol. The zero-order chi connectivity index (χ0) is 10.8. The fourth-order valence-electron chi connectivity index (χ4n) is 1.27. The van der Waals surface area contributed by atoms with Gasteiger partial charge < -0.3 is 5.32 Å². The second-order valence-electron chi connectivity index (χ2n) is 4.03. The second kappa shape index (κ2) is 4.14. The van der Waals surface area contributed by atoms with Gasteiger partial charge in [-0.3, -0.25) is 0 Å². The highest BCUT2D eigenvalue weighted by Crippen LogP contribution is 2.25. The Bertz CT molecular complexity index is 450. The van der Waals surface area contributed by atoms with Crippen LogP contribution >= 0.6 is 11.3 Å². The summed E-state index contributed by atoms with van der Waals surface area (Å²) in [6.07, 6.45) is 1.62. The Morgan fingerprint density at radius 3 is 2.80 bits per heavy atom. The molecule has 0 aliphatic heterocycles. The van der Waals surface area contributed by atoms with Crippen molar-refractivity contribution in [2.45, 2.75) is 26.8 Å². The van der Waals surface area contributed by atoms with Gasteiger partial charge in [0.15, 0.2) is 0 Å². The highest BCUT2D eigenvalue weighted by molar-refractivity contribution is 7.17. The number of nitrogens with one attached hydrogen (secondary N) is 1. The largest absolute Gasteiger partial charge is 0.366 e. The van der Waals surface area contributed by atoms with E-state index in [1.807, 2.05) is 11.4 Å². The Labute approximate surface area is 93.6 Å². The summed E-state index contributed by atoms with van der Waals surface area (Å²) in [6, 6.07) is 2.44. The van der Waals surface area contributed by atoms with Crippen LogP contribution in [-0.4, -0.2) is 16.0 Å². The topological polar surface area (TPSA) is 37.8 Å². The minimum absolute atomic E-state index is 0.421. The maximum absolute atomic E-state index is 4.29. The molecule has 0 aliphatic rings. The van der Waals surface area contributed by atoms with Gasteiger partial charge in [-0.2, -0.15) is 0 Å². The molecule has 1 N–H and O–H groups in total. The zero-order valence-electron chi connectivity index (χ0n) is 9.19. The number of hydrogen-bond donors (Lipinski definition) is 1. The van der Waals surface area contributed by atoms with Gasteiger partial charge in [-0.1, -0.05) is 13.8 Å². The van der Waals surface area contributed by atoms with Crippen LogP contribution in [-0.2, 0) is 0 Å². The number of anilines is 1. The maximum atomic E-state index is 4.29. The Balaban J connectivity index is 2.31. The second-order valence-corrected chi connectivity index (χ2v) is 4.95. The van der Waals surface area contributed by atoms with Crippen molar-refractivity contribution in [2.24, 2.45) is 5.92 Å². The first kappa shape index (κ1) is 10.4. The van der Waals surface area contributed by atoms with Gasteiger partial charge in [-0.15, -0.1) is 11.3 Å². The molecule has 0 saturated carbocycles. The van der Waals surface area contributed by atoms with Gasteiger partial charge in [0.2, 0.25) is 0 Å². The minimum atomic E-state index is 0.421. The molecule has 2 aromatic heterocycles. The predicted molar refractivity (Wildman–Crippen MR) is 65.3 cm³/mol. The number of aromatic nitrogens is 2. The SMILES string of the molecule is CC(C)C(C)Nc1ncnc2ccsc12. The van der Waals surface area contributed by atoms with Crippen molar-refractivity contribution in [3.8, 4) is 0 Å². The van der Waals surface area contributed by atoms with Gasteiger partial charge in [-0.05, 0) is 24.3 Å². The van der Waals surface area contributed by atoms with Crippen LogP contribution in [0.4, 0.5) is 5.82 Å². The monoisotopic (exact) mass is 221 g/mol. The summed E-state index contributed by atoms with van der Waals surface area (Å²) < 4.78 is 1.14. The summed E-state index contributed by atoms with van der Waals surface area (Å²) in [4.78, 5) is 8.50. The quantitative estimate of drug-likeness (QED) is 0.865. The molecule has 1 unspecified atom stereocenters. The fourth-order valence-corrected chi connectivity index (χ4v) is 2.07. The molecule has 2 rings (SSSR count). The van der Waals surface area contributed by atoms with E-state index in [1.165, 1.54) is 0 Å². The van der Waals surface area contributed by atoms with Crippen LogP contribution in [0.1, 0.15) is 20.8 Å². The predicted octanol–water partition coefficient (Wildman–Crippen LogP) is 3.15. The molecule has 0 amide bonds. The van der Waals surface area contributed by atoms with Gasteiger partial charge in [0.05, 0.1) is 10.2 Å². The molecular formula is C11H15N3S. The first-order chi connectivity index (χ1) is 7.18. The third kappa shape index (κ3) is 2.09. The molecule has 4 heteroatoms. The number of thiophene rings is 1. The molecule has 3 nitrogen and oxygen atoms in total. The molecule has 1 atom stereocenters. The summed E-state index contributed by atoms with van der Waals surface area (Å²) in [7, 11) is 0. The molecule has 0 bridgehead atoms. The van der Waals surface area contributed by atoms with Crippen LogP contribution in [0.15, 0.2) is 17.8 Å². The van der Waals surface area contributed by atoms with Crippen LogP contribution in [0.3, 0.4) is 0 Å². The Morgan fingerprint density at radius 1 is 1.27 bits per heavy atom. The van der Waals surface area contributed by atoms with Crippen molar-refractivity contribution in [1.82, 2.24) is 9.97 Å². The first-order valence-electron chi connectivity index (χ1n) is 5.13. The van der Waals surface area contributed by atoms with Crippen molar-refractivity contribution in [3.05, 3.63) is 17.8 Å². The number of hydrogen-bond acceptors (Lipinski definition) is 4. The average Bonchev–Trinajstić information content (AvgIpc) is 2.66. The van der Waals surface area contributed by atoms with Crippen LogP contribution in [0.25, 0.3) is 10.2 Å². The van der Waals surface area contributed by atoms with E-state index >= 15 is 0 Å².